The van der Waals surface area contributed by atoms with Crippen molar-refractivity contribution >= 4 is 22.4 Å². The number of anilines is 1. The molecule has 0 saturated carbocycles. The Bertz CT molecular complexity index is 1040. The Morgan fingerprint density at radius 3 is 2.89 bits per heavy atom. The van der Waals surface area contributed by atoms with Gasteiger partial charge in [-0.2, -0.15) is 4.98 Å². The quantitative estimate of drug-likeness (QED) is 0.493. The number of rotatable bonds is 4. The van der Waals surface area contributed by atoms with Gasteiger partial charge in [-0.15, -0.1) is 0 Å². The third-order valence-corrected chi connectivity index (χ3v) is 4.94. The molecule has 0 bridgehead atoms. The average molecular weight is 379 g/mol. The molecule has 0 radical (unpaired) electrons. The molecule has 2 aromatic heterocycles. The van der Waals surface area contributed by atoms with Gasteiger partial charge in [0.1, 0.15) is 11.8 Å². The van der Waals surface area contributed by atoms with Crippen LogP contribution in [0, 0.1) is 23.0 Å². The monoisotopic (exact) mass is 379 g/mol. The van der Waals surface area contributed by atoms with Crippen LogP contribution in [-0.4, -0.2) is 33.0 Å². The van der Waals surface area contributed by atoms with Crippen LogP contribution in [0.5, 0.6) is 11.6 Å². The molecule has 1 aliphatic heterocycles. The zero-order valence-electron chi connectivity index (χ0n) is 15.8. The average Bonchev–Trinajstić information content (AvgIpc) is 2.68. The molecular weight excluding hydrogens is 358 g/mol. The van der Waals surface area contributed by atoms with E-state index in [1.807, 2.05) is 36.1 Å². The van der Waals surface area contributed by atoms with Gasteiger partial charge in [-0.1, -0.05) is 25.1 Å². The molecule has 3 aromatic rings. The van der Waals surface area contributed by atoms with E-state index in [0.717, 1.165) is 37.0 Å². The Labute approximate surface area is 162 Å². The predicted octanol–water partition coefficient (Wildman–Crippen LogP) is 4.27. The molecule has 8 heteroatoms. The van der Waals surface area contributed by atoms with Gasteiger partial charge in [0, 0.05) is 24.2 Å². The van der Waals surface area contributed by atoms with E-state index in [4.69, 9.17) is 4.74 Å². The van der Waals surface area contributed by atoms with Crippen LogP contribution in [0.1, 0.15) is 25.5 Å². The van der Waals surface area contributed by atoms with Crippen LogP contribution in [0.3, 0.4) is 0 Å². The predicted molar refractivity (Wildman–Crippen MR) is 106 cm³/mol. The second-order valence-electron chi connectivity index (χ2n) is 7.18. The van der Waals surface area contributed by atoms with E-state index in [-0.39, 0.29) is 11.6 Å². The molecule has 1 atom stereocenters. The number of hydrogen-bond acceptors (Lipinski definition) is 7. The first-order valence-electron chi connectivity index (χ1n) is 9.31. The van der Waals surface area contributed by atoms with E-state index >= 15 is 0 Å². The number of hydrogen-bond donors (Lipinski definition) is 0. The lowest BCUT2D eigenvalue weighted by molar-refractivity contribution is -0.385. The van der Waals surface area contributed by atoms with Crippen molar-refractivity contribution in [1.29, 1.82) is 0 Å². The summed E-state index contributed by atoms with van der Waals surface area (Å²) < 4.78 is 5.92. The van der Waals surface area contributed by atoms with Crippen molar-refractivity contribution in [3.05, 3.63) is 52.5 Å². The molecule has 3 heterocycles. The molecule has 1 fully saturated rings. The van der Waals surface area contributed by atoms with Crippen LogP contribution >= 0.6 is 0 Å². The summed E-state index contributed by atoms with van der Waals surface area (Å²) in [5.41, 5.74) is 1.27. The van der Waals surface area contributed by atoms with E-state index in [1.165, 1.54) is 6.33 Å². The van der Waals surface area contributed by atoms with E-state index < -0.39 is 4.92 Å². The zero-order chi connectivity index (χ0) is 19.7. The highest BCUT2D eigenvalue weighted by atomic mass is 16.6. The van der Waals surface area contributed by atoms with Crippen molar-refractivity contribution in [3.63, 3.8) is 0 Å². The lowest BCUT2D eigenvalue weighted by atomic mass is 10.0. The third kappa shape index (κ3) is 3.45. The van der Waals surface area contributed by atoms with Crippen LogP contribution in [0.15, 0.2) is 36.7 Å². The third-order valence-electron chi connectivity index (χ3n) is 4.94. The number of para-hydroxylation sites is 1. The summed E-state index contributed by atoms with van der Waals surface area (Å²) in [5.74, 6) is 1.13. The Kier molecular flexibility index (Phi) is 4.77. The molecule has 28 heavy (non-hydrogen) atoms. The van der Waals surface area contributed by atoms with Gasteiger partial charge in [-0.25, -0.2) is 9.97 Å². The molecule has 0 spiro atoms. The maximum absolute atomic E-state index is 11.9. The normalized spacial score (nSPS) is 16.9. The van der Waals surface area contributed by atoms with E-state index in [1.54, 1.807) is 6.07 Å². The van der Waals surface area contributed by atoms with Gasteiger partial charge < -0.3 is 9.64 Å². The summed E-state index contributed by atoms with van der Waals surface area (Å²) in [6.07, 6.45) is 3.41. The number of pyridine rings is 1. The van der Waals surface area contributed by atoms with E-state index in [9.17, 15) is 10.1 Å². The maximum atomic E-state index is 11.9. The fourth-order valence-corrected chi connectivity index (χ4v) is 3.61. The second kappa shape index (κ2) is 7.38. The molecule has 144 valence electrons. The van der Waals surface area contributed by atoms with Crippen LogP contribution in [0.25, 0.3) is 10.9 Å². The van der Waals surface area contributed by atoms with Gasteiger partial charge in [0.15, 0.2) is 5.75 Å². The van der Waals surface area contributed by atoms with Gasteiger partial charge in [-0.05, 0) is 37.8 Å². The summed E-state index contributed by atoms with van der Waals surface area (Å²) in [5, 5.41) is 12.8. The van der Waals surface area contributed by atoms with Crippen molar-refractivity contribution in [2.24, 2.45) is 5.92 Å². The summed E-state index contributed by atoms with van der Waals surface area (Å²) in [6, 6.07) is 9.34. The standard InChI is InChI=1S/C20H21N5O3/c1-13-5-4-10-24(11-13)19-18(25(26)27)20(22-12-21-19)28-16-7-3-6-15-9-8-14(2)23-17(15)16/h3,6-9,12-13H,4-5,10-11H2,1-2H3. The van der Waals surface area contributed by atoms with Crippen LogP contribution in [0.2, 0.25) is 0 Å². The summed E-state index contributed by atoms with van der Waals surface area (Å²) >= 11 is 0. The lowest BCUT2D eigenvalue weighted by Gasteiger charge is -2.31. The molecule has 8 nitrogen and oxygen atoms in total. The highest BCUT2D eigenvalue weighted by Gasteiger charge is 2.31. The van der Waals surface area contributed by atoms with Gasteiger partial charge in [0.25, 0.3) is 0 Å². The Morgan fingerprint density at radius 1 is 1.25 bits per heavy atom. The number of piperidine rings is 1. The van der Waals surface area contributed by atoms with Gasteiger partial charge in [0.2, 0.25) is 5.82 Å². The number of aromatic nitrogens is 3. The van der Waals surface area contributed by atoms with E-state index in [0.29, 0.717) is 23.0 Å². The molecular formula is C20H21N5O3. The SMILES string of the molecule is Cc1ccc2cccc(Oc3ncnc(N4CCCC(C)C4)c3[N+](=O)[O-])c2n1. The zero-order valence-corrected chi connectivity index (χ0v) is 15.8. The van der Waals surface area contributed by atoms with Crippen molar-refractivity contribution in [3.8, 4) is 11.6 Å². The minimum Gasteiger partial charge on any atom is -0.431 e. The topological polar surface area (TPSA) is 94.3 Å². The van der Waals surface area contributed by atoms with Crippen LogP contribution < -0.4 is 9.64 Å². The molecule has 1 aliphatic rings. The highest BCUT2D eigenvalue weighted by molar-refractivity contribution is 5.85. The molecule has 0 N–H and O–H groups in total. The van der Waals surface area contributed by atoms with Crippen molar-refractivity contribution in [2.45, 2.75) is 26.7 Å². The molecule has 1 unspecified atom stereocenters. The van der Waals surface area contributed by atoms with Crippen molar-refractivity contribution in [1.82, 2.24) is 15.0 Å². The summed E-state index contributed by atoms with van der Waals surface area (Å²) in [4.78, 5) is 26.2. The fraction of sp³-hybridized carbons (Fsp3) is 0.350. The number of nitro groups is 1. The number of fused-ring (bicyclic) bond motifs is 1. The largest absolute Gasteiger partial charge is 0.431 e. The Hall–Kier alpha value is -3.29. The second-order valence-corrected chi connectivity index (χ2v) is 7.18. The van der Waals surface area contributed by atoms with Crippen LogP contribution in [0.4, 0.5) is 11.5 Å². The van der Waals surface area contributed by atoms with Gasteiger partial charge in [0.05, 0.1) is 4.92 Å². The minimum atomic E-state index is -0.465. The lowest BCUT2D eigenvalue weighted by Crippen LogP contribution is -2.35. The number of ether oxygens (including phenoxy) is 1. The minimum absolute atomic E-state index is 0.0657. The Balaban J connectivity index is 1.77. The van der Waals surface area contributed by atoms with E-state index in [2.05, 4.69) is 21.9 Å². The molecule has 4 rings (SSSR count). The molecule has 0 aliphatic carbocycles. The number of benzene rings is 1. The molecule has 0 amide bonds. The molecule has 1 saturated heterocycles. The molecule has 1 aromatic carbocycles. The first kappa shape index (κ1) is 18.1. The van der Waals surface area contributed by atoms with Gasteiger partial charge >= 0.3 is 11.6 Å². The van der Waals surface area contributed by atoms with Crippen LogP contribution in [-0.2, 0) is 0 Å². The van der Waals surface area contributed by atoms with Crippen molar-refractivity contribution in [2.75, 3.05) is 18.0 Å². The number of nitrogens with zero attached hydrogens (tertiary/aromatic N) is 5. The highest BCUT2D eigenvalue weighted by Crippen LogP contribution is 2.38. The Morgan fingerprint density at radius 2 is 2.11 bits per heavy atom. The summed E-state index contributed by atoms with van der Waals surface area (Å²) in [7, 11) is 0. The van der Waals surface area contributed by atoms with Gasteiger partial charge in [-0.3, -0.25) is 10.1 Å². The summed E-state index contributed by atoms with van der Waals surface area (Å²) in [6.45, 7) is 5.49. The smallest absolute Gasteiger partial charge is 0.373 e. The fourth-order valence-electron chi connectivity index (χ4n) is 3.61. The first-order valence-corrected chi connectivity index (χ1v) is 9.31. The van der Waals surface area contributed by atoms with Crippen molar-refractivity contribution < 1.29 is 9.66 Å². The number of aryl methyl sites for hydroxylation is 1. The first-order chi connectivity index (χ1) is 13.5. The maximum Gasteiger partial charge on any atom is 0.373 e.